The Morgan fingerprint density at radius 3 is 3.31 bits per heavy atom. The molecule has 1 aromatic heterocycles. The number of imidazole rings is 1. The van der Waals surface area contributed by atoms with Gasteiger partial charge in [-0.3, -0.25) is 4.90 Å². The fourth-order valence-corrected chi connectivity index (χ4v) is 2.74. The second kappa shape index (κ2) is 4.55. The maximum absolute atomic E-state index is 4.40. The summed E-state index contributed by atoms with van der Waals surface area (Å²) < 4.78 is 2.27. The van der Waals surface area contributed by atoms with Gasteiger partial charge in [0.15, 0.2) is 0 Å². The summed E-state index contributed by atoms with van der Waals surface area (Å²) in [4.78, 5) is 6.94. The van der Waals surface area contributed by atoms with Crippen molar-refractivity contribution in [2.45, 2.75) is 25.9 Å². The maximum Gasteiger partial charge on any atom is 0.122 e. The van der Waals surface area contributed by atoms with Crippen molar-refractivity contribution in [3.8, 4) is 0 Å². The number of hydrogen-bond donors (Lipinski definition) is 1. The third-order valence-electron chi connectivity index (χ3n) is 3.84. The van der Waals surface area contributed by atoms with Crippen molar-refractivity contribution in [2.24, 2.45) is 5.92 Å². The summed E-state index contributed by atoms with van der Waals surface area (Å²) in [5.74, 6) is 2.14. The van der Waals surface area contributed by atoms with E-state index in [0.717, 1.165) is 19.0 Å². The van der Waals surface area contributed by atoms with Gasteiger partial charge in [-0.05, 0) is 38.4 Å². The first-order valence-electron chi connectivity index (χ1n) is 6.35. The quantitative estimate of drug-likeness (QED) is 0.814. The molecule has 3 rings (SSSR count). The van der Waals surface area contributed by atoms with Gasteiger partial charge in [-0.1, -0.05) is 0 Å². The summed E-state index contributed by atoms with van der Waals surface area (Å²) in [5, 5.41) is 3.44. The predicted octanol–water partition coefficient (Wildman–Crippen LogP) is 0.698. The van der Waals surface area contributed by atoms with E-state index in [2.05, 4.69) is 26.0 Å². The van der Waals surface area contributed by atoms with E-state index in [0.29, 0.717) is 0 Å². The first kappa shape index (κ1) is 10.3. The highest BCUT2D eigenvalue weighted by atomic mass is 15.2. The van der Waals surface area contributed by atoms with Crippen LogP contribution in [0.1, 0.15) is 18.7 Å². The third-order valence-corrected chi connectivity index (χ3v) is 3.84. The Hall–Kier alpha value is -0.870. The molecule has 1 fully saturated rings. The molecule has 1 N–H and O–H groups in total. The van der Waals surface area contributed by atoms with E-state index in [1.807, 2.05) is 6.20 Å². The Bertz CT molecular complexity index is 341. The van der Waals surface area contributed by atoms with Gasteiger partial charge >= 0.3 is 0 Å². The third kappa shape index (κ3) is 2.13. The Kier molecular flexibility index (Phi) is 2.93. The number of hydrogen-bond acceptors (Lipinski definition) is 3. The Morgan fingerprint density at radius 2 is 2.44 bits per heavy atom. The van der Waals surface area contributed by atoms with Crippen LogP contribution in [0.15, 0.2) is 12.4 Å². The predicted molar refractivity (Wildman–Crippen MR) is 63.1 cm³/mol. The lowest BCUT2D eigenvalue weighted by atomic mass is 10.0. The lowest BCUT2D eigenvalue weighted by molar-refractivity contribution is 0.204. The van der Waals surface area contributed by atoms with Crippen LogP contribution in [0, 0.1) is 5.92 Å². The van der Waals surface area contributed by atoms with Crippen molar-refractivity contribution in [3.63, 3.8) is 0 Å². The maximum atomic E-state index is 4.40. The van der Waals surface area contributed by atoms with Crippen molar-refractivity contribution in [3.05, 3.63) is 18.2 Å². The van der Waals surface area contributed by atoms with Crippen LogP contribution >= 0.6 is 0 Å². The average molecular weight is 220 g/mol. The molecule has 0 spiro atoms. The van der Waals surface area contributed by atoms with Crippen LogP contribution in [0.4, 0.5) is 0 Å². The van der Waals surface area contributed by atoms with Gasteiger partial charge in [0.1, 0.15) is 5.82 Å². The molecule has 16 heavy (non-hydrogen) atoms. The normalized spacial score (nSPS) is 25.9. The highest BCUT2D eigenvalue weighted by Crippen LogP contribution is 2.15. The van der Waals surface area contributed by atoms with Crippen LogP contribution in [0.2, 0.25) is 0 Å². The Labute approximate surface area is 96.7 Å². The van der Waals surface area contributed by atoms with Crippen molar-refractivity contribution < 1.29 is 0 Å². The van der Waals surface area contributed by atoms with Gasteiger partial charge in [0.2, 0.25) is 0 Å². The summed E-state index contributed by atoms with van der Waals surface area (Å²) >= 11 is 0. The molecule has 1 atom stereocenters. The summed E-state index contributed by atoms with van der Waals surface area (Å²) in [6, 6.07) is 0. The second-order valence-corrected chi connectivity index (χ2v) is 4.96. The molecule has 0 amide bonds. The van der Waals surface area contributed by atoms with Gasteiger partial charge in [0.25, 0.3) is 0 Å². The van der Waals surface area contributed by atoms with Crippen molar-refractivity contribution in [2.75, 3.05) is 26.2 Å². The molecule has 3 heterocycles. The molecule has 0 saturated carbocycles. The number of rotatable bonds is 3. The SMILES string of the molecule is c1cn2c(n1)CN(CCC1CCNC1)CC2. The zero-order valence-corrected chi connectivity index (χ0v) is 9.73. The summed E-state index contributed by atoms with van der Waals surface area (Å²) in [6.07, 6.45) is 6.71. The minimum absolute atomic E-state index is 0.904. The van der Waals surface area contributed by atoms with Crippen LogP contribution in [0.5, 0.6) is 0 Å². The molecule has 0 aromatic carbocycles. The standard InChI is InChI=1S/C12H20N4/c1-3-13-9-11(1)2-5-15-7-8-16-6-4-14-12(16)10-15/h4,6,11,13H,1-3,5,7-10H2. The second-order valence-electron chi connectivity index (χ2n) is 4.96. The molecule has 4 nitrogen and oxygen atoms in total. The van der Waals surface area contributed by atoms with Gasteiger partial charge in [-0.25, -0.2) is 4.98 Å². The molecule has 0 aliphatic carbocycles. The van der Waals surface area contributed by atoms with E-state index in [-0.39, 0.29) is 0 Å². The molecular formula is C12H20N4. The molecule has 2 aliphatic rings. The zero-order chi connectivity index (χ0) is 10.8. The Balaban J connectivity index is 1.50. The van der Waals surface area contributed by atoms with Gasteiger partial charge in [0, 0.05) is 25.5 Å². The lowest BCUT2D eigenvalue weighted by Gasteiger charge is -2.28. The van der Waals surface area contributed by atoms with E-state index >= 15 is 0 Å². The van der Waals surface area contributed by atoms with Crippen LogP contribution in [0.3, 0.4) is 0 Å². The lowest BCUT2D eigenvalue weighted by Crippen LogP contribution is -2.35. The highest BCUT2D eigenvalue weighted by Gasteiger charge is 2.19. The van der Waals surface area contributed by atoms with E-state index in [1.54, 1.807) is 0 Å². The zero-order valence-electron chi connectivity index (χ0n) is 9.73. The number of aromatic nitrogens is 2. The van der Waals surface area contributed by atoms with Crippen molar-refractivity contribution >= 4 is 0 Å². The summed E-state index contributed by atoms with van der Waals surface area (Å²) in [6.45, 7) is 7.01. The molecule has 0 radical (unpaired) electrons. The van der Waals surface area contributed by atoms with Crippen LogP contribution < -0.4 is 5.32 Å². The van der Waals surface area contributed by atoms with Gasteiger partial charge in [0.05, 0.1) is 6.54 Å². The summed E-state index contributed by atoms with van der Waals surface area (Å²) in [7, 11) is 0. The van der Waals surface area contributed by atoms with E-state index in [4.69, 9.17) is 0 Å². The molecule has 0 bridgehead atoms. The van der Waals surface area contributed by atoms with Gasteiger partial charge < -0.3 is 9.88 Å². The molecule has 1 unspecified atom stereocenters. The largest absolute Gasteiger partial charge is 0.333 e. The number of nitrogens with zero attached hydrogens (tertiary/aromatic N) is 3. The number of fused-ring (bicyclic) bond motifs is 1. The summed E-state index contributed by atoms with van der Waals surface area (Å²) in [5.41, 5.74) is 0. The Morgan fingerprint density at radius 1 is 1.44 bits per heavy atom. The number of nitrogens with one attached hydrogen (secondary N) is 1. The van der Waals surface area contributed by atoms with Gasteiger partial charge in [-0.15, -0.1) is 0 Å². The minimum Gasteiger partial charge on any atom is -0.333 e. The van der Waals surface area contributed by atoms with Crippen LogP contribution in [0.25, 0.3) is 0 Å². The fraction of sp³-hybridized carbons (Fsp3) is 0.750. The monoisotopic (exact) mass is 220 g/mol. The van der Waals surface area contributed by atoms with Crippen LogP contribution in [-0.4, -0.2) is 40.6 Å². The van der Waals surface area contributed by atoms with Gasteiger partial charge in [-0.2, -0.15) is 0 Å². The first-order valence-corrected chi connectivity index (χ1v) is 6.35. The van der Waals surface area contributed by atoms with Crippen molar-refractivity contribution in [1.82, 2.24) is 19.8 Å². The molecule has 1 saturated heterocycles. The van der Waals surface area contributed by atoms with E-state index in [1.165, 1.54) is 44.8 Å². The smallest absolute Gasteiger partial charge is 0.122 e. The molecule has 1 aromatic rings. The highest BCUT2D eigenvalue weighted by molar-refractivity contribution is 4.95. The van der Waals surface area contributed by atoms with E-state index in [9.17, 15) is 0 Å². The average Bonchev–Trinajstić information content (AvgIpc) is 2.97. The molecule has 2 aliphatic heterocycles. The molecule has 4 heteroatoms. The van der Waals surface area contributed by atoms with E-state index < -0.39 is 0 Å². The minimum atomic E-state index is 0.904. The first-order chi connectivity index (χ1) is 7.92. The molecule has 88 valence electrons. The molecular weight excluding hydrogens is 200 g/mol. The fourth-order valence-electron chi connectivity index (χ4n) is 2.74. The van der Waals surface area contributed by atoms with Crippen molar-refractivity contribution in [1.29, 1.82) is 0 Å². The van der Waals surface area contributed by atoms with Crippen LogP contribution in [-0.2, 0) is 13.1 Å². The topological polar surface area (TPSA) is 33.1 Å².